The molecule has 7 heteroatoms. The quantitative estimate of drug-likeness (QED) is 0.379. The minimum atomic E-state index is -0.682. The van der Waals surface area contributed by atoms with Crippen molar-refractivity contribution in [3.63, 3.8) is 0 Å². The topological polar surface area (TPSA) is 91.9 Å². The number of ether oxygens (including phenoxy) is 2. The average Bonchev–Trinajstić information content (AvgIpc) is 3.43. The number of H-pyrrole nitrogens is 1. The molecule has 31 heavy (non-hydrogen) atoms. The number of benzene rings is 2. The first kappa shape index (κ1) is 19.2. The Bertz CT molecular complexity index is 1260. The van der Waals surface area contributed by atoms with E-state index in [0.29, 0.717) is 30.0 Å². The highest BCUT2D eigenvalue weighted by Crippen LogP contribution is 2.44. The third kappa shape index (κ3) is 2.88. The van der Waals surface area contributed by atoms with E-state index in [1.807, 2.05) is 38.1 Å². The molecule has 1 amide bonds. The van der Waals surface area contributed by atoms with Crippen LogP contribution in [0.15, 0.2) is 48.0 Å². The molecule has 5 rings (SSSR count). The summed E-state index contributed by atoms with van der Waals surface area (Å²) in [7, 11) is 0. The number of amides is 1. The predicted octanol–water partition coefficient (Wildman–Crippen LogP) is 4.04. The van der Waals surface area contributed by atoms with Crippen LogP contribution in [0.1, 0.15) is 36.2 Å². The summed E-state index contributed by atoms with van der Waals surface area (Å²) in [6.45, 7) is 4.39. The molecule has 2 aliphatic heterocycles. The lowest BCUT2D eigenvalue weighted by Gasteiger charge is -2.25. The Morgan fingerprint density at radius 2 is 1.94 bits per heavy atom. The predicted molar refractivity (Wildman–Crippen MR) is 115 cm³/mol. The number of fused-ring (bicyclic) bond motifs is 2. The van der Waals surface area contributed by atoms with Gasteiger partial charge in [-0.15, -0.1) is 0 Å². The van der Waals surface area contributed by atoms with E-state index in [2.05, 4.69) is 4.98 Å². The number of carbonyl (C=O) groups is 2. The van der Waals surface area contributed by atoms with E-state index in [1.54, 1.807) is 23.1 Å². The van der Waals surface area contributed by atoms with Gasteiger partial charge in [-0.2, -0.15) is 0 Å². The van der Waals surface area contributed by atoms with Gasteiger partial charge in [0.25, 0.3) is 11.7 Å². The fourth-order valence-electron chi connectivity index (χ4n) is 4.50. The van der Waals surface area contributed by atoms with Crippen molar-refractivity contribution in [3.8, 4) is 11.5 Å². The second-order valence-electron chi connectivity index (χ2n) is 7.77. The van der Waals surface area contributed by atoms with E-state index in [4.69, 9.17) is 9.47 Å². The highest BCUT2D eigenvalue weighted by Gasteiger charge is 2.47. The zero-order valence-electron chi connectivity index (χ0n) is 17.3. The van der Waals surface area contributed by atoms with Gasteiger partial charge in [-0.05, 0) is 37.6 Å². The van der Waals surface area contributed by atoms with Gasteiger partial charge in [-0.25, -0.2) is 0 Å². The van der Waals surface area contributed by atoms with Gasteiger partial charge in [-0.3, -0.25) is 9.59 Å². The van der Waals surface area contributed by atoms with Gasteiger partial charge in [0.15, 0.2) is 11.5 Å². The molecule has 2 aliphatic rings. The molecule has 1 fully saturated rings. The van der Waals surface area contributed by atoms with Gasteiger partial charge >= 0.3 is 0 Å². The smallest absolute Gasteiger partial charge is 0.295 e. The summed E-state index contributed by atoms with van der Waals surface area (Å²) in [6.07, 6.45) is 0.689. The summed E-state index contributed by atoms with van der Waals surface area (Å²) >= 11 is 0. The number of nitrogens with zero attached hydrogens (tertiary/aromatic N) is 1. The number of aromatic nitrogens is 1. The summed E-state index contributed by atoms with van der Waals surface area (Å²) < 4.78 is 10.7. The lowest BCUT2D eigenvalue weighted by atomic mass is 9.93. The van der Waals surface area contributed by atoms with Gasteiger partial charge < -0.3 is 24.5 Å². The van der Waals surface area contributed by atoms with Crippen LogP contribution < -0.4 is 9.47 Å². The number of aryl methyl sites for hydroxylation is 1. The fraction of sp³-hybridized carbons (Fsp3) is 0.250. The second-order valence-corrected chi connectivity index (χ2v) is 7.77. The van der Waals surface area contributed by atoms with Crippen LogP contribution in [0.2, 0.25) is 0 Å². The highest BCUT2D eigenvalue weighted by molar-refractivity contribution is 6.46. The van der Waals surface area contributed by atoms with E-state index in [0.717, 1.165) is 22.2 Å². The van der Waals surface area contributed by atoms with Crippen molar-refractivity contribution < 1.29 is 24.2 Å². The molecule has 3 aromatic rings. The molecular formula is C24H22N2O5. The van der Waals surface area contributed by atoms with Crippen LogP contribution in [0, 0.1) is 6.92 Å². The minimum Gasteiger partial charge on any atom is -0.507 e. The molecule has 1 unspecified atom stereocenters. The molecule has 0 spiro atoms. The number of para-hydroxylation sites is 1. The lowest BCUT2D eigenvalue weighted by Crippen LogP contribution is -2.30. The van der Waals surface area contributed by atoms with E-state index >= 15 is 0 Å². The third-order valence-electron chi connectivity index (χ3n) is 5.87. The van der Waals surface area contributed by atoms with Crippen LogP contribution in [-0.4, -0.2) is 40.0 Å². The number of hydrogen-bond donors (Lipinski definition) is 2. The number of Topliss-reactive ketones (excluding diaryl/α,β-unsaturated/α-hetero) is 1. The monoisotopic (exact) mass is 418 g/mol. The molecule has 3 heterocycles. The first-order valence-electron chi connectivity index (χ1n) is 10.3. The number of ketones is 1. The molecule has 1 atom stereocenters. The summed E-state index contributed by atoms with van der Waals surface area (Å²) in [5.41, 5.74) is 3.09. The van der Waals surface area contributed by atoms with Crippen molar-refractivity contribution in [2.45, 2.75) is 26.3 Å². The fourth-order valence-corrected chi connectivity index (χ4v) is 4.50. The van der Waals surface area contributed by atoms with Crippen molar-refractivity contribution in [1.29, 1.82) is 0 Å². The average molecular weight is 418 g/mol. The molecule has 2 aromatic carbocycles. The Labute approximate surface area is 178 Å². The summed E-state index contributed by atoms with van der Waals surface area (Å²) in [5, 5.41) is 12.2. The van der Waals surface area contributed by atoms with Gasteiger partial charge in [0.05, 0.1) is 11.6 Å². The number of aliphatic hydroxyl groups excluding tert-OH is 1. The maximum atomic E-state index is 13.1. The van der Waals surface area contributed by atoms with Crippen molar-refractivity contribution in [1.82, 2.24) is 9.88 Å². The first-order chi connectivity index (χ1) is 15.0. The Morgan fingerprint density at radius 1 is 1.16 bits per heavy atom. The first-order valence-corrected chi connectivity index (χ1v) is 10.3. The minimum absolute atomic E-state index is 0.0881. The zero-order valence-corrected chi connectivity index (χ0v) is 17.3. The van der Waals surface area contributed by atoms with Crippen LogP contribution >= 0.6 is 0 Å². The molecule has 1 saturated heterocycles. The van der Waals surface area contributed by atoms with Crippen molar-refractivity contribution in [2.75, 3.05) is 13.3 Å². The zero-order chi connectivity index (χ0) is 21.7. The highest BCUT2D eigenvalue weighted by atomic mass is 16.7. The van der Waals surface area contributed by atoms with Crippen molar-refractivity contribution in [2.24, 2.45) is 0 Å². The van der Waals surface area contributed by atoms with Crippen molar-refractivity contribution >= 4 is 28.4 Å². The largest absolute Gasteiger partial charge is 0.507 e. The van der Waals surface area contributed by atoms with Crippen LogP contribution in [0.25, 0.3) is 16.7 Å². The number of aliphatic hydroxyl groups is 1. The molecular weight excluding hydrogens is 396 g/mol. The molecule has 0 aliphatic carbocycles. The number of carbonyl (C=O) groups excluding carboxylic acids is 2. The molecule has 0 bridgehead atoms. The molecule has 158 valence electrons. The van der Waals surface area contributed by atoms with Gasteiger partial charge in [0.1, 0.15) is 5.76 Å². The number of rotatable bonds is 4. The number of aromatic amines is 1. The summed E-state index contributed by atoms with van der Waals surface area (Å²) in [4.78, 5) is 31.0. The van der Waals surface area contributed by atoms with Crippen LogP contribution in [0.5, 0.6) is 11.5 Å². The summed E-state index contributed by atoms with van der Waals surface area (Å²) in [6, 6.07) is 12.1. The normalized spacial score (nSPS) is 19.5. The van der Waals surface area contributed by atoms with E-state index in [1.165, 1.54) is 0 Å². The van der Waals surface area contributed by atoms with Gasteiger partial charge in [-0.1, -0.05) is 25.1 Å². The van der Waals surface area contributed by atoms with Gasteiger partial charge in [0.2, 0.25) is 6.79 Å². The molecule has 0 radical (unpaired) electrons. The van der Waals surface area contributed by atoms with E-state index < -0.39 is 17.7 Å². The van der Waals surface area contributed by atoms with Crippen LogP contribution in [0.4, 0.5) is 0 Å². The van der Waals surface area contributed by atoms with Crippen molar-refractivity contribution in [3.05, 3.63) is 64.9 Å². The molecule has 0 saturated carbocycles. The van der Waals surface area contributed by atoms with Crippen LogP contribution in [0.3, 0.4) is 0 Å². The molecule has 2 N–H and O–H groups in total. The molecule has 7 nitrogen and oxygen atoms in total. The van der Waals surface area contributed by atoms with Gasteiger partial charge in [0, 0.05) is 34.3 Å². The lowest BCUT2D eigenvalue weighted by molar-refractivity contribution is -0.139. The van der Waals surface area contributed by atoms with E-state index in [-0.39, 0.29) is 18.1 Å². The Kier molecular flexibility index (Phi) is 4.46. The Morgan fingerprint density at radius 3 is 2.74 bits per heavy atom. The molecule has 1 aromatic heterocycles. The maximum Gasteiger partial charge on any atom is 0.295 e. The SMILES string of the molecule is CCCN1C(=O)C(=O)/C(=C(/O)c2ccc3c(c2)OCO3)C1c1c(C)[nH]c2ccccc12. The van der Waals surface area contributed by atoms with E-state index in [9.17, 15) is 14.7 Å². The Hall–Kier alpha value is -3.74. The number of hydrogen-bond acceptors (Lipinski definition) is 5. The Balaban J connectivity index is 1.74. The third-order valence-corrected chi connectivity index (χ3v) is 5.87. The maximum absolute atomic E-state index is 13.1. The second kappa shape index (κ2) is 7.19. The standard InChI is InChI=1S/C24H22N2O5/c1-3-10-26-21(19-13(2)25-16-7-5-4-6-15(16)19)20(23(28)24(26)29)22(27)14-8-9-17-18(11-14)31-12-30-17/h4-9,11,21,25,27H,3,10,12H2,1-2H3/b22-20+. The summed E-state index contributed by atoms with van der Waals surface area (Å²) in [5.74, 6) is -0.430. The number of nitrogens with one attached hydrogen (secondary N) is 1. The van der Waals surface area contributed by atoms with Crippen LogP contribution in [-0.2, 0) is 9.59 Å². The number of likely N-dealkylation sites (tertiary alicyclic amines) is 1.